The monoisotopic (exact) mass is 374 g/mol. The second-order valence-corrected chi connectivity index (χ2v) is 8.49. The molecule has 1 N–H and O–H groups in total. The van der Waals surface area contributed by atoms with Gasteiger partial charge in [-0.15, -0.1) is 0 Å². The Bertz CT molecular complexity index is 792. The van der Waals surface area contributed by atoms with Gasteiger partial charge in [0.25, 0.3) is 0 Å². The molecule has 0 spiro atoms. The minimum Gasteiger partial charge on any atom is -0.393 e. The molecule has 146 valence electrons. The van der Waals surface area contributed by atoms with E-state index >= 15 is 0 Å². The van der Waals surface area contributed by atoms with Crippen LogP contribution in [0.4, 0.5) is 0 Å². The van der Waals surface area contributed by atoms with Gasteiger partial charge in [0.05, 0.1) is 17.6 Å². The summed E-state index contributed by atoms with van der Waals surface area (Å²) in [5, 5.41) is 21.2. The molecule has 1 heterocycles. The van der Waals surface area contributed by atoms with Gasteiger partial charge >= 0.3 is 0 Å². The van der Waals surface area contributed by atoms with Crippen molar-refractivity contribution in [3.8, 4) is 6.07 Å². The molecule has 1 saturated carbocycles. The van der Waals surface area contributed by atoms with Crippen molar-refractivity contribution < 1.29 is 5.11 Å². The first-order chi connectivity index (χ1) is 13.7. The van der Waals surface area contributed by atoms with Crippen molar-refractivity contribution in [3.05, 3.63) is 71.8 Å². The molecule has 3 heteroatoms. The maximum atomic E-state index is 10.7. The number of hydrogen-bond donors (Lipinski definition) is 1. The molecule has 1 aliphatic carbocycles. The van der Waals surface area contributed by atoms with Crippen LogP contribution >= 0.6 is 0 Å². The lowest BCUT2D eigenvalue weighted by molar-refractivity contribution is 0.0507. The Kier molecular flexibility index (Phi) is 5.80. The van der Waals surface area contributed by atoms with Gasteiger partial charge in [0.2, 0.25) is 0 Å². The second kappa shape index (κ2) is 8.47. The fourth-order valence-corrected chi connectivity index (χ4v) is 5.56. The predicted molar refractivity (Wildman–Crippen MR) is 112 cm³/mol. The molecule has 2 aliphatic rings. The highest BCUT2D eigenvalue weighted by Crippen LogP contribution is 2.50. The maximum absolute atomic E-state index is 10.7. The molecule has 0 amide bonds. The van der Waals surface area contributed by atoms with E-state index in [1.165, 1.54) is 5.56 Å². The Morgan fingerprint density at radius 1 is 0.929 bits per heavy atom. The number of nitrogens with zero attached hydrogens (tertiary/aromatic N) is 2. The van der Waals surface area contributed by atoms with Crippen LogP contribution in [0.5, 0.6) is 0 Å². The largest absolute Gasteiger partial charge is 0.393 e. The fourth-order valence-electron chi connectivity index (χ4n) is 5.56. The van der Waals surface area contributed by atoms with Crippen LogP contribution in [0.25, 0.3) is 0 Å². The minimum atomic E-state index is -0.573. The summed E-state index contributed by atoms with van der Waals surface area (Å²) in [6.07, 6.45) is 4.47. The highest BCUT2D eigenvalue weighted by Gasteiger charge is 2.51. The highest BCUT2D eigenvalue weighted by atomic mass is 16.3. The van der Waals surface area contributed by atoms with Crippen molar-refractivity contribution in [1.29, 1.82) is 5.26 Å². The summed E-state index contributed by atoms with van der Waals surface area (Å²) in [5.41, 5.74) is 1.88. The third-order valence-corrected chi connectivity index (χ3v) is 6.98. The molecular weight excluding hydrogens is 344 g/mol. The number of piperidine rings is 1. The van der Waals surface area contributed by atoms with E-state index in [1.54, 1.807) is 0 Å². The van der Waals surface area contributed by atoms with Crippen LogP contribution in [-0.4, -0.2) is 29.2 Å². The van der Waals surface area contributed by atoms with Crippen LogP contribution in [0.1, 0.15) is 43.2 Å². The number of hydrogen-bond acceptors (Lipinski definition) is 3. The fraction of sp³-hybridized carbons (Fsp3) is 0.480. The molecule has 2 aromatic carbocycles. The zero-order valence-corrected chi connectivity index (χ0v) is 16.5. The van der Waals surface area contributed by atoms with Gasteiger partial charge in [-0.05, 0) is 55.8 Å². The SMILES string of the molecule is N#C[C@@](c1ccccc1)(C1CCN(Cc2ccccc2)CC1)[C@@H]1CCC[C@H]1O. The van der Waals surface area contributed by atoms with Gasteiger partial charge in [-0.3, -0.25) is 4.90 Å². The van der Waals surface area contributed by atoms with Gasteiger partial charge < -0.3 is 5.11 Å². The first-order valence-electron chi connectivity index (χ1n) is 10.6. The van der Waals surface area contributed by atoms with E-state index in [0.29, 0.717) is 5.92 Å². The molecule has 2 aromatic rings. The van der Waals surface area contributed by atoms with E-state index in [4.69, 9.17) is 0 Å². The van der Waals surface area contributed by atoms with Gasteiger partial charge in [0, 0.05) is 12.5 Å². The molecular formula is C25H30N2O. The number of likely N-dealkylation sites (tertiary alicyclic amines) is 1. The summed E-state index contributed by atoms with van der Waals surface area (Å²) in [4.78, 5) is 2.50. The van der Waals surface area contributed by atoms with Crippen LogP contribution in [0.3, 0.4) is 0 Å². The third-order valence-electron chi connectivity index (χ3n) is 6.98. The van der Waals surface area contributed by atoms with E-state index < -0.39 is 5.41 Å². The maximum Gasteiger partial charge on any atom is 0.0903 e. The number of aliphatic hydroxyl groups excluding tert-OH is 1. The molecule has 1 aliphatic heterocycles. The Balaban J connectivity index is 1.56. The molecule has 28 heavy (non-hydrogen) atoms. The topological polar surface area (TPSA) is 47.3 Å². The van der Waals surface area contributed by atoms with Crippen molar-refractivity contribution in [3.63, 3.8) is 0 Å². The molecule has 4 rings (SSSR count). The van der Waals surface area contributed by atoms with E-state index in [1.807, 2.05) is 18.2 Å². The Hall–Kier alpha value is -2.15. The van der Waals surface area contributed by atoms with Crippen molar-refractivity contribution in [2.24, 2.45) is 11.8 Å². The molecule has 0 unspecified atom stereocenters. The molecule has 0 radical (unpaired) electrons. The Morgan fingerprint density at radius 2 is 1.57 bits per heavy atom. The van der Waals surface area contributed by atoms with Gasteiger partial charge in [0.1, 0.15) is 0 Å². The minimum absolute atomic E-state index is 0.0468. The lowest BCUT2D eigenvalue weighted by Crippen LogP contribution is -2.48. The van der Waals surface area contributed by atoms with Gasteiger partial charge in [-0.25, -0.2) is 0 Å². The summed E-state index contributed by atoms with van der Waals surface area (Å²) >= 11 is 0. The van der Waals surface area contributed by atoms with Crippen LogP contribution in [0.15, 0.2) is 60.7 Å². The Labute approximate surface area is 168 Å². The highest BCUT2D eigenvalue weighted by molar-refractivity contribution is 5.36. The zero-order chi connectivity index (χ0) is 19.4. The summed E-state index contributed by atoms with van der Waals surface area (Å²) in [6.45, 7) is 3.00. The van der Waals surface area contributed by atoms with E-state index in [-0.39, 0.29) is 12.0 Å². The summed E-state index contributed by atoms with van der Waals surface area (Å²) < 4.78 is 0. The third kappa shape index (κ3) is 3.60. The molecule has 3 nitrogen and oxygen atoms in total. The van der Waals surface area contributed by atoms with E-state index in [9.17, 15) is 10.4 Å². The predicted octanol–water partition coefficient (Wildman–Crippen LogP) is 4.52. The van der Waals surface area contributed by atoms with Crippen LogP contribution in [-0.2, 0) is 12.0 Å². The Morgan fingerprint density at radius 3 is 2.14 bits per heavy atom. The molecule has 2 fully saturated rings. The number of nitriles is 1. The average molecular weight is 375 g/mol. The van der Waals surface area contributed by atoms with Crippen molar-refractivity contribution in [1.82, 2.24) is 4.90 Å². The van der Waals surface area contributed by atoms with E-state index in [0.717, 1.165) is 57.3 Å². The van der Waals surface area contributed by atoms with Crippen LogP contribution < -0.4 is 0 Å². The smallest absolute Gasteiger partial charge is 0.0903 e. The number of benzene rings is 2. The second-order valence-electron chi connectivity index (χ2n) is 8.49. The first-order valence-corrected chi connectivity index (χ1v) is 10.6. The van der Waals surface area contributed by atoms with Gasteiger partial charge in [0.15, 0.2) is 0 Å². The summed E-state index contributed by atoms with van der Waals surface area (Å²) in [7, 11) is 0. The number of aliphatic hydroxyl groups is 1. The standard InChI is InChI=1S/C25H30N2O/c26-19-25(21-10-5-2-6-11-21,23-12-7-13-24(23)28)22-14-16-27(17-15-22)18-20-8-3-1-4-9-20/h1-6,8-11,22-24,28H,7,12-18H2/t23-,24-,25-/m1/s1. The number of rotatable bonds is 5. The summed E-state index contributed by atoms with van der Waals surface area (Å²) in [5.74, 6) is 0.343. The first kappa shape index (κ1) is 19.2. The molecule has 0 bridgehead atoms. The zero-order valence-electron chi connectivity index (χ0n) is 16.5. The van der Waals surface area contributed by atoms with Crippen LogP contribution in [0.2, 0.25) is 0 Å². The normalized spacial score (nSPS) is 25.9. The van der Waals surface area contributed by atoms with Crippen molar-refractivity contribution in [2.45, 2.75) is 50.2 Å². The lowest BCUT2D eigenvalue weighted by atomic mass is 9.59. The van der Waals surface area contributed by atoms with Gasteiger partial charge in [-0.1, -0.05) is 67.1 Å². The molecule has 1 saturated heterocycles. The average Bonchev–Trinajstić information content (AvgIpc) is 3.18. The van der Waals surface area contributed by atoms with Crippen molar-refractivity contribution >= 4 is 0 Å². The van der Waals surface area contributed by atoms with Crippen LogP contribution in [0, 0.1) is 23.2 Å². The summed E-state index contributed by atoms with van der Waals surface area (Å²) in [6, 6.07) is 23.7. The quantitative estimate of drug-likeness (QED) is 0.837. The molecule has 0 aromatic heterocycles. The van der Waals surface area contributed by atoms with E-state index in [2.05, 4.69) is 53.4 Å². The van der Waals surface area contributed by atoms with Crippen molar-refractivity contribution in [2.75, 3.05) is 13.1 Å². The van der Waals surface area contributed by atoms with Gasteiger partial charge in [-0.2, -0.15) is 5.26 Å². The molecule has 3 atom stereocenters. The lowest BCUT2D eigenvalue weighted by Gasteiger charge is -2.45.